The molecule has 1 saturated heterocycles. The molecule has 7 heteroatoms. The van der Waals surface area contributed by atoms with Crippen LogP contribution in [0, 0.1) is 5.92 Å². The van der Waals surface area contributed by atoms with Crippen LogP contribution < -0.4 is 5.32 Å². The second kappa shape index (κ2) is 8.89. The Balaban J connectivity index is 1.78. The number of hydrogen-bond donors (Lipinski definition) is 2. The molecule has 2 amide bonds. The first-order valence-corrected chi connectivity index (χ1v) is 8.85. The zero-order chi connectivity index (χ0) is 19.2. The lowest BCUT2D eigenvalue weighted by Gasteiger charge is -2.36. The molecule has 1 aliphatic rings. The normalized spacial score (nSPS) is 20.4. The number of carbonyl (C=O) groups is 2. The third-order valence-corrected chi connectivity index (χ3v) is 4.07. The Morgan fingerprint density at radius 1 is 1.27 bits per heavy atom. The molecule has 0 aliphatic carbocycles. The van der Waals surface area contributed by atoms with E-state index in [1.165, 1.54) is 0 Å². The number of alkyl carbamates (subject to hydrolysis) is 1. The summed E-state index contributed by atoms with van der Waals surface area (Å²) in [6, 6.07) is 9.39. The lowest BCUT2D eigenvalue weighted by molar-refractivity contribution is -0.00794. The maximum atomic E-state index is 12.2. The molecule has 1 aromatic rings. The van der Waals surface area contributed by atoms with Crippen molar-refractivity contribution in [3.8, 4) is 0 Å². The van der Waals surface area contributed by atoms with Crippen LogP contribution in [0.4, 0.5) is 9.59 Å². The van der Waals surface area contributed by atoms with Gasteiger partial charge in [-0.3, -0.25) is 0 Å². The number of ether oxygens (including phenoxy) is 2. The van der Waals surface area contributed by atoms with Gasteiger partial charge in [0.05, 0.1) is 6.10 Å². The summed E-state index contributed by atoms with van der Waals surface area (Å²) in [7, 11) is 0. The average molecular weight is 364 g/mol. The minimum atomic E-state index is -0.580. The van der Waals surface area contributed by atoms with E-state index in [0.29, 0.717) is 19.5 Å². The van der Waals surface area contributed by atoms with Gasteiger partial charge in [-0.2, -0.15) is 0 Å². The molecule has 0 saturated carbocycles. The Labute approximate surface area is 154 Å². The van der Waals surface area contributed by atoms with Gasteiger partial charge in [0.25, 0.3) is 0 Å². The van der Waals surface area contributed by atoms with E-state index >= 15 is 0 Å². The first-order chi connectivity index (χ1) is 12.2. The maximum Gasteiger partial charge on any atom is 0.410 e. The quantitative estimate of drug-likeness (QED) is 0.857. The molecule has 2 rings (SSSR count). The number of benzene rings is 1. The molecule has 1 fully saturated rings. The van der Waals surface area contributed by atoms with E-state index in [1.54, 1.807) is 4.90 Å². The Morgan fingerprint density at radius 3 is 2.62 bits per heavy atom. The Hall–Kier alpha value is -2.28. The fraction of sp³-hybridized carbons (Fsp3) is 0.579. The van der Waals surface area contributed by atoms with E-state index in [-0.39, 0.29) is 19.1 Å². The number of nitrogens with zero attached hydrogens (tertiary/aromatic N) is 1. The Bertz CT molecular complexity index is 600. The van der Waals surface area contributed by atoms with E-state index < -0.39 is 23.9 Å². The van der Waals surface area contributed by atoms with Crippen molar-refractivity contribution in [2.24, 2.45) is 5.92 Å². The lowest BCUT2D eigenvalue weighted by atomic mass is 9.95. The Kier molecular flexibility index (Phi) is 6.85. The van der Waals surface area contributed by atoms with Crippen LogP contribution in [0.1, 0.15) is 32.8 Å². The van der Waals surface area contributed by atoms with Crippen LogP contribution in [0.25, 0.3) is 0 Å². The highest BCUT2D eigenvalue weighted by Crippen LogP contribution is 2.19. The topological polar surface area (TPSA) is 88.1 Å². The minimum absolute atomic E-state index is 0.184. The predicted octanol–water partition coefficient (Wildman–Crippen LogP) is 2.53. The number of hydrogen-bond acceptors (Lipinski definition) is 5. The van der Waals surface area contributed by atoms with Crippen molar-refractivity contribution in [3.63, 3.8) is 0 Å². The van der Waals surface area contributed by atoms with Gasteiger partial charge in [0.2, 0.25) is 0 Å². The second-order valence-corrected chi connectivity index (χ2v) is 7.49. The average Bonchev–Trinajstić information content (AvgIpc) is 2.58. The van der Waals surface area contributed by atoms with Crippen molar-refractivity contribution < 1.29 is 24.2 Å². The number of amides is 2. The molecule has 2 N–H and O–H groups in total. The summed E-state index contributed by atoms with van der Waals surface area (Å²) in [4.78, 5) is 25.6. The summed E-state index contributed by atoms with van der Waals surface area (Å²) in [5.74, 6) is -0.263. The van der Waals surface area contributed by atoms with Gasteiger partial charge >= 0.3 is 12.2 Å². The third kappa shape index (κ3) is 6.55. The van der Waals surface area contributed by atoms with Gasteiger partial charge in [0.15, 0.2) is 0 Å². The highest BCUT2D eigenvalue weighted by atomic mass is 16.6. The van der Waals surface area contributed by atoms with Crippen LogP contribution >= 0.6 is 0 Å². The van der Waals surface area contributed by atoms with Crippen LogP contribution in [0.5, 0.6) is 0 Å². The molecular weight excluding hydrogens is 336 g/mol. The van der Waals surface area contributed by atoms with Crippen molar-refractivity contribution in [3.05, 3.63) is 35.9 Å². The lowest BCUT2D eigenvalue weighted by Crippen LogP contribution is -2.50. The predicted molar refractivity (Wildman–Crippen MR) is 96.6 cm³/mol. The molecule has 1 aliphatic heterocycles. The molecule has 0 spiro atoms. The molecule has 0 bridgehead atoms. The Morgan fingerprint density at radius 2 is 1.96 bits per heavy atom. The van der Waals surface area contributed by atoms with Crippen molar-refractivity contribution in [2.75, 3.05) is 19.6 Å². The molecule has 26 heavy (non-hydrogen) atoms. The van der Waals surface area contributed by atoms with E-state index in [1.807, 2.05) is 51.1 Å². The largest absolute Gasteiger partial charge is 0.445 e. The van der Waals surface area contributed by atoms with Crippen LogP contribution in [0.2, 0.25) is 0 Å². The zero-order valence-corrected chi connectivity index (χ0v) is 15.6. The minimum Gasteiger partial charge on any atom is -0.445 e. The van der Waals surface area contributed by atoms with Gasteiger partial charge in [-0.1, -0.05) is 30.3 Å². The summed E-state index contributed by atoms with van der Waals surface area (Å²) in [6.45, 7) is 6.61. The molecule has 7 nitrogen and oxygen atoms in total. The van der Waals surface area contributed by atoms with Crippen molar-refractivity contribution in [1.29, 1.82) is 0 Å². The zero-order valence-electron chi connectivity index (χ0n) is 15.6. The molecule has 0 aromatic heterocycles. The van der Waals surface area contributed by atoms with E-state index in [0.717, 1.165) is 5.56 Å². The SMILES string of the molecule is CC(C)(C)OC(=O)N1CC[C@H](O)[C@H](CNC(=O)OCc2ccccc2)C1. The number of aliphatic hydroxyl groups excluding tert-OH is 1. The van der Waals surface area contributed by atoms with Crippen LogP contribution in [0.3, 0.4) is 0 Å². The molecule has 0 radical (unpaired) electrons. The van der Waals surface area contributed by atoms with Gasteiger partial charge in [-0.25, -0.2) is 9.59 Å². The summed E-state index contributed by atoms with van der Waals surface area (Å²) < 4.78 is 10.5. The smallest absolute Gasteiger partial charge is 0.410 e. The van der Waals surface area contributed by atoms with Crippen molar-refractivity contribution >= 4 is 12.2 Å². The summed E-state index contributed by atoms with van der Waals surface area (Å²) in [6.07, 6.45) is -1.08. The van der Waals surface area contributed by atoms with Gasteiger partial charge in [0, 0.05) is 25.6 Å². The maximum absolute atomic E-state index is 12.2. The van der Waals surface area contributed by atoms with Gasteiger partial charge in [-0.15, -0.1) is 0 Å². The van der Waals surface area contributed by atoms with Crippen LogP contribution in [-0.4, -0.2) is 53.5 Å². The highest BCUT2D eigenvalue weighted by molar-refractivity contribution is 5.68. The van der Waals surface area contributed by atoms with Gasteiger partial charge < -0.3 is 24.8 Å². The van der Waals surface area contributed by atoms with Crippen molar-refractivity contribution in [2.45, 2.75) is 45.5 Å². The van der Waals surface area contributed by atoms with Crippen LogP contribution in [-0.2, 0) is 16.1 Å². The molecule has 0 unspecified atom stereocenters. The number of piperidine rings is 1. The molecule has 144 valence electrons. The van der Waals surface area contributed by atoms with Crippen LogP contribution in [0.15, 0.2) is 30.3 Å². The fourth-order valence-corrected chi connectivity index (χ4v) is 2.70. The second-order valence-electron chi connectivity index (χ2n) is 7.49. The molecule has 1 heterocycles. The van der Waals surface area contributed by atoms with Gasteiger partial charge in [-0.05, 0) is 32.8 Å². The number of likely N-dealkylation sites (tertiary alicyclic amines) is 1. The van der Waals surface area contributed by atoms with E-state index in [2.05, 4.69) is 5.32 Å². The number of nitrogens with one attached hydrogen (secondary N) is 1. The van der Waals surface area contributed by atoms with Gasteiger partial charge in [0.1, 0.15) is 12.2 Å². The summed E-state index contributed by atoms with van der Waals surface area (Å²) in [5.41, 5.74) is 0.332. The summed E-state index contributed by atoms with van der Waals surface area (Å²) >= 11 is 0. The summed E-state index contributed by atoms with van der Waals surface area (Å²) in [5, 5.41) is 12.8. The first-order valence-electron chi connectivity index (χ1n) is 8.85. The number of carbonyl (C=O) groups excluding carboxylic acids is 2. The van der Waals surface area contributed by atoms with E-state index in [9.17, 15) is 14.7 Å². The standard InChI is InChI=1S/C19H28N2O5/c1-19(2,3)26-18(24)21-10-9-16(22)15(12-21)11-20-17(23)25-13-14-7-5-4-6-8-14/h4-8,15-16,22H,9-13H2,1-3H3,(H,20,23)/t15-,16+/m1/s1. The third-order valence-electron chi connectivity index (χ3n) is 4.07. The number of rotatable bonds is 4. The highest BCUT2D eigenvalue weighted by Gasteiger charge is 2.32. The first kappa shape index (κ1) is 20.0. The van der Waals surface area contributed by atoms with E-state index in [4.69, 9.17) is 9.47 Å². The fourth-order valence-electron chi connectivity index (χ4n) is 2.70. The van der Waals surface area contributed by atoms with Crippen molar-refractivity contribution in [1.82, 2.24) is 10.2 Å². The number of aliphatic hydroxyl groups is 1. The molecular formula is C19H28N2O5. The molecule has 1 aromatic carbocycles. The monoisotopic (exact) mass is 364 g/mol. The molecule has 2 atom stereocenters.